The van der Waals surface area contributed by atoms with Crippen molar-refractivity contribution in [2.45, 2.75) is 23.8 Å². The minimum absolute atomic E-state index is 0.0673. The summed E-state index contributed by atoms with van der Waals surface area (Å²) in [6.07, 6.45) is 3.89. The van der Waals surface area contributed by atoms with Gasteiger partial charge in [-0.05, 0) is 34.8 Å². The second-order valence-corrected chi connectivity index (χ2v) is 6.94. The molecule has 0 amide bonds. The molecule has 0 aliphatic carbocycles. The highest BCUT2D eigenvalue weighted by molar-refractivity contribution is 9.10. The fourth-order valence-electron chi connectivity index (χ4n) is 2.07. The number of nitrogens with zero attached hydrogens (tertiary/aromatic N) is 2. The Balaban J connectivity index is 2.36. The molecular formula is C11H13BrN2O4S. The highest BCUT2D eigenvalue weighted by Gasteiger charge is 2.40. The topological polar surface area (TPSA) is 76.6 Å². The molecule has 0 bridgehead atoms. The molecule has 0 spiro atoms. The third-order valence-electron chi connectivity index (χ3n) is 2.96. The molecule has 19 heavy (non-hydrogen) atoms. The Morgan fingerprint density at radius 1 is 1.53 bits per heavy atom. The van der Waals surface area contributed by atoms with E-state index >= 15 is 0 Å². The predicted molar refractivity (Wildman–Crippen MR) is 70.9 cm³/mol. The minimum Gasteiger partial charge on any atom is -0.468 e. The molecule has 1 saturated heterocycles. The maximum atomic E-state index is 12.5. The molecule has 1 unspecified atom stereocenters. The van der Waals surface area contributed by atoms with E-state index < -0.39 is 22.0 Å². The lowest BCUT2D eigenvalue weighted by atomic mass is 10.2. The van der Waals surface area contributed by atoms with Gasteiger partial charge in [0.05, 0.1) is 7.11 Å². The molecule has 104 valence electrons. The number of halogens is 1. The maximum Gasteiger partial charge on any atom is 0.324 e. The van der Waals surface area contributed by atoms with Crippen LogP contribution in [-0.4, -0.2) is 43.4 Å². The molecule has 1 aliphatic heterocycles. The summed E-state index contributed by atoms with van der Waals surface area (Å²) in [6, 6.07) is 0.726. The first kappa shape index (κ1) is 14.4. The Morgan fingerprint density at radius 3 is 2.89 bits per heavy atom. The average molecular weight is 349 g/mol. The number of rotatable bonds is 3. The first-order chi connectivity index (χ1) is 8.96. The summed E-state index contributed by atoms with van der Waals surface area (Å²) in [5, 5.41) is 0. The number of methoxy groups -OCH3 is 1. The second-order valence-electron chi connectivity index (χ2n) is 4.14. The summed E-state index contributed by atoms with van der Waals surface area (Å²) in [6.45, 7) is 0.314. The molecule has 1 aromatic rings. The van der Waals surface area contributed by atoms with Crippen molar-refractivity contribution in [2.24, 2.45) is 0 Å². The number of sulfonamides is 1. The van der Waals surface area contributed by atoms with Crippen LogP contribution in [0.3, 0.4) is 0 Å². The SMILES string of the molecule is COC(=O)C1CCCN1S(=O)(=O)c1cncc(Br)c1. The Morgan fingerprint density at radius 2 is 2.26 bits per heavy atom. The number of hydrogen-bond donors (Lipinski definition) is 0. The first-order valence-electron chi connectivity index (χ1n) is 5.67. The van der Waals surface area contributed by atoms with Crippen molar-refractivity contribution in [3.05, 3.63) is 22.9 Å². The number of carbonyl (C=O) groups is 1. The van der Waals surface area contributed by atoms with E-state index in [-0.39, 0.29) is 4.90 Å². The summed E-state index contributed by atoms with van der Waals surface area (Å²) >= 11 is 3.18. The van der Waals surface area contributed by atoms with Crippen LogP contribution < -0.4 is 0 Å². The van der Waals surface area contributed by atoms with Gasteiger partial charge in [-0.1, -0.05) is 0 Å². The zero-order chi connectivity index (χ0) is 14.0. The summed E-state index contributed by atoms with van der Waals surface area (Å²) in [4.78, 5) is 15.5. The van der Waals surface area contributed by atoms with Gasteiger partial charge in [-0.2, -0.15) is 4.31 Å². The van der Waals surface area contributed by atoms with Crippen molar-refractivity contribution in [1.29, 1.82) is 0 Å². The molecule has 0 aromatic carbocycles. The van der Waals surface area contributed by atoms with E-state index in [4.69, 9.17) is 0 Å². The molecular weight excluding hydrogens is 336 g/mol. The van der Waals surface area contributed by atoms with Crippen molar-refractivity contribution >= 4 is 31.9 Å². The van der Waals surface area contributed by atoms with Gasteiger partial charge in [0.1, 0.15) is 10.9 Å². The number of pyridine rings is 1. The molecule has 2 rings (SSSR count). The standard InChI is InChI=1S/C11H13BrN2O4S/c1-18-11(15)10-3-2-4-14(10)19(16,17)9-5-8(12)6-13-7-9/h5-7,10H,2-4H2,1H3. The van der Waals surface area contributed by atoms with Crippen LogP contribution in [0, 0.1) is 0 Å². The number of esters is 1. The number of aromatic nitrogens is 1. The smallest absolute Gasteiger partial charge is 0.324 e. The van der Waals surface area contributed by atoms with Crippen LogP contribution in [0.5, 0.6) is 0 Å². The fraction of sp³-hybridized carbons (Fsp3) is 0.455. The van der Waals surface area contributed by atoms with E-state index in [1.807, 2.05) is 0 Å². The van der Waals surface area contributed by atoms with E-state index in [1.165, 1.54) is 29.9 Å². The molecule has 1 aromatic heterocycles. The Labute approximate surface area is 119 Å². The van der Waals surface area contributed by atoms with Crippen molar-refractivity contribution < 1.29 is 17.9 Å². The van der Waals surface area contributed by atoms with Crippen LogP contribution in [0.15, 0.2) is 27.8 Å². The van der Waals surface area contributed by atoms with E-state index in [0.717, 1.165) is 0 Å². The second kappa shape index (κ2) is 5.56. The van der Waals surface area contributed by atoms with Crippen LogP contribution >= 0.6 is 15.9 Å². The molecule has 0 N–H and O–H groups in total. The van der Waals surface area contributed by atoms with Crippen LogP contribution in [0.25, 0.3) is 0 Å². The van der Waals surface area contributed by atoms with Crippen LogP contribution in [0.4, 0.5) is 0 Å². The first-order valence-corrected chi connectivity index (χ1v) is 7.90. The maximum absolute atomic E-state index is 12.5. The van der Waals surface area contributed by atoms with E-state index in [0.29, 0.717) is 23.9 Å². The van der Waals surface area contributed by atoms with E-state index in [2.05, 4.69) is 25.7 Å². The summed E-state index contributed by atoms with van der Waals surface area (Å²) in [5.41, 5.74) is 0. The monoisotopic (exact) mass is 348 g/mol. The van der Waals surface area contributed by atoms with Crippen molar-refractivity contribution in [3.8, 4) is 0 Å². The van der Waals surface area contributed by atoms with Crippen LogP contribution in [-0.2, 0) is 19.6 Å². The molecule has 6 nitrogen and oxygen atoms in total. The summed E-state index contributed by atoms with van der Waals surface area (Å²) < 4.78 is 31.4. The van der Waals surface area contributed by atoms with Gasteiger partial charge >= 0.3 is 5.97 Å². The zero-order valence-electron chi connectivity index (χ0n) is 10.2. The Hall–Kier alpha value is -0.990. The lowest BCUT2D eigenvalue weighted by molar-refractivity contribution is -0.144. The van der Waals surface area contributed by atoms with Crippen molar-refractivity contribution in [1.82, 2.24) is 9.29 Å². The van der Waals surface area contributed by atoms with Gasteiger partial charge in [0.25, 0.3) is 0 Å². The Kier molecular flexibility index (Phi) is 4.22. The molecule has 1 atom stereocenters. The number of carbonyl (C=O) groups excluding carboxylic acids is 1. The molecule has 0 saturated carbocycles. The fourth-order valence-corrected chi connectivity index (χ4v) is 4.22. The molecule has 2 heterocycles. The molecule has 1 fully saturated rings. The quantitative estimate of drug-likeness (QED) is 0.766. The van der Waals surface area contributed by atoms with Gasteiger partial charge in [-0.3, -0.25) is 9.78 Å². The Bertz CT molecular complexity index is 590. The van der Waals surface area contributed by atoms with Gasteiger partial charge in [0.15, 0.2) is 0 Å². The third-order valence-corrected chi connectivity index (χ3v) is 5.27. The normalized spacial score (nSPS) is 20.4. The highest BCUT2D eigenvalue weighted by atomic mass is 79.9. The van der Waals surface area contributed by atoms with Crippen LogP contribution in [0.1, 0.15) is 12.8 Å². The lowest BCUT2D eigenvalue weighted by Crippen LogP contribution is -2.41. The average Bonchev–Trinajstić information content (AvgIpc) is 2.87. The number of hydrogen-bond acceptors (Lipinski definition) is 5. The van der Waals surface area contributed by atoms with Gasteiger partial charge in [-0.25, -0.2) is 8.42 Å². The van der Waals surface area contributed by atoms with Gasteiger partial charge in [0.2, 0.25) is 10.0 Å². The molecule has 8 heteroatoms. The van der Waals surface area contributed by atoms with Crippen LogP contribution in [0.2, 0.25) is 0 Å². The summed E-state index contributed by atoms with van der Waals surface area (Å²) in [7, 11) is -2.47. The van der Waals surface area contributed by atoms with E-state index in [1.54, 1.807) is 0 Å². The van der Waals surface area contributed by atoms with Gasteiger partial charge in [0, 0.05) is 23.4 Å². The summed E-state index contributed by atoms with van der Waals surface area (Å²) in [5.74, 6) is -0.524. The lowest BCUT2D eigenvalue weighted by Gasteiger charge is -2.21. The van der Waals surface area contributed by atoms with E-state index in [9.17, 15) is 13.2 Å². The van der Waals surface area contributed by atoms with Gasteiger partial charge in [-0.15, -0.1) is 0 Å². The molecule has 1 aliphatic rings. The molecule has 0 radical (unpaired) electrons. The largest absolute Gasteiger partial charge is 0.468 e. The number of ether oxygens (including phenoxy) is 1. The zero-order valence-corrected chi connectivity index (χ0v) is 12.6. The third kappa shape index (κ3) is 2.80. The van der Waals surface area contributed by atoms with Crippen molar-refractivity contribution in [3.63, 3.8) is 0 Å². The predicted octanol–water partition coefficient (Wildman–Crippen LogP) is 1.17. The minimum atomic E-state index is -3.73. The highest BCUT2D eigenvalue weighted by Crippen LogP contribution is 2.27. The van der Waals surface area contributed by atoms with Crippen molar-refractivity contribution in [2.75, 3.05) is 13.7 Å². The van der Waals surface area contributed by atoms with Gasteiger partial charge < -0.3 is 4.74 Å².